The van der Waals surface area contributed by atoms with Gasteiger partial charge in [-0.2, -0.15) is 0 Å². The van der Waals surface area contributed by atoms with Crippen molar-refractivity contribution < 1.29 is 18.3 Å². The number of alkyl halides is 2. The molecule has 3 N–H and O–H groups in total. The molecule has 1 aliphatic carbocycles. The number of halogens is 2. The second-order valence-electron chi connectivity index (χ2n) is 14.2. The molecule has 0 bridgehead atoms. The van der Waals surface area contributed by atoms with Crippen LogP contribution in [-0.2, 0) is 17.7 Å². The lowest BCUT2D eigenvalue weighted by molar-refractivity contribution is -0.139. The summed E-state index contributed by atoms with van der Waals surface area (Å²) in [5.74, 6) is -2.29. The Morgan fingerprint density at radius 1 is 1.13 bits per heavy atom. The molecule has 1 amide bonds. The Morgan fingerprint density at radius 3 is 2.64 bits per heavy atom. The van der Waals surface area contributed by atoms with Crippen molar-refractivity contribution in [1.82, 2.24) is 35.0 Å². The highest BCUT2D eigenvalue weighted by Crippen LogP contribution is 2.41. The van der Waals surface area contributed by atoms with Gasteiger partial charge in [-0.1, -0.05) is 12.1 Å². The molecule has 3 atom stereocenters. The first-order chi connectivity index (χ1) is 22.8. The topological polar surface area (TPSA) is 102 Å². The Bertz CT molecular complexity index is 1650. The molecule has 8 rings (SSSR count). The molecule has 1 saturated carbocycles. The number of hydrogen-bond donors (Lipinski definition) is 3. The van der Waals surface area contributed by atoms with Crippen molar-refractivity contribution in [3.05, 3.63) is 47.3 Å². The standard InChI is InChI=1S/C34H45F2N9O2/c1-37-25-16-30(41-45-27(17-39-31(25)45)32(46)40-24-6-7-28(24)47-2)44-13-8-23-22(4-3-5-26(23)44)18-42-12-9-29(34(35,36)21-42)43-14-10-33(11-15-43)19-38-20-33/h3-5,16-17,24,28-29,37-38H,6-15,18-21H2,1-2H3,(H,40,46)/t24-,28-,29-/m1/s1. The van der Waals surface area contributed by atoms with Crippen molar-refractivity contribution in [1.29, 1.82) is 0 Å². The van der Waals surface area contributed by atoms with Crippen LogP contribution in [0.15, 0.2) is 30.5 Å². The minimum Gasteiger partial charge on any atom is -0.385 e. The lowest BCUT2D eigenvalue weighted by atomic mass is 9.73. The van der Waals surface area contributed by atoms with Crippen LogP contribution >= 0.6 is 0 Å². The molecule has 5 aliphatic rings. The number of nitrogens with zero attached hydrogens (tertiary/aromatic N) is 6. The van der Waals surface area contributed by atoms with Crippen molar-refractivity contribution in [3.8, 4) is 0 Å². The number of amides is 1. The van der Waals surface area contributed by atoms with Crippen molar-refractivity contribution in [2.75, 3.05) is 70.2 Å². The number of piperidine rings is 2. The van der Waals surface area contributed by atoms with Crippen LogP contribution in [0.1, 0.15) is 53.7 Å². The number of carbonyl (C=O) groups is 1. The third-order valence-electron chi connectivity index (χ3n) is 11.5. The maximum absolute atomic E-state index is 15.7. The SMILES string of the molecule is CNc1cc(N2CCc3c(CN4CC[C@@H](N5CCC6(CC5)CNC6)C(F)(F)C4)cccc32)nn2c(C(=O)N[C@@H]3CC[C@H]3OC)cnc12. The van der Waals surface area contributed by atoms with Crippen molar-refractivity contribution >= 4 is 28.7 Å². The first-order valence-electron chi connectivity index (χ1n) is 17.1. The number of ether oxygens (including phenoxy) is 1. The van der Waals surface area contributed by atoms with Crippen molar-refractivity contribution in [2.24, 2.45) is 5.41 Å². The fourth-order valence-electron chi connectivity index (χ4n) is 8.44. The zero-order valence-corrected chi connectivity index (χ0v) is 27.3. The van der Waals surface area contributed by atoms with E-state index >= 15 is 8.78 Å². The number of hydrogen-bond acceptors (Lipinski definition) is 9. The predicted octanol–water partition coefficient (Wildman–Crippen LogP) is 3.27. The molecule has 3 aromatic rings. The Kier molecular flexibility index (Phi) is 7.85. The Hall–Kier alpha value is -3.39. The van der Waals surface area contributed by atoms with E-state index in [4.69, 9.17) is 9.84 Å². The average Bonchev–Trinajstić information content (AvgIpc) is 3.67. The largest absolute Gasteiger partial charge is 0.385 e. The number of imidazole rings is 1. The lowest BCUT2D eigenvalue weighted by Crippen LogP contribution is -2.63. The zero-order valence-electron chi connectivity index (χ0n) is 27.3. The highest BCUT2D eigenvalue weighted by atomic mass is 19.3. The summed E-state index contributed by atoms with van der Waals surface area (Å²) in [6, 6.07) is 7.41. The van der Waals surface area contributed by atoms with Crippen LogP contribution in [0.3, 0.4) is 0 Å². The van der Waals surface area contributed by atoms with Crippen molar-refractivity contribution in [3.63, 3.8) is 0 Å². The summed E-state index contributed by atoms with van der Waals surface area (Å²) in [7, 11) is 3.49. The van der Waals surface area contributed by atoms with Gasteiger partial charge in [0.05, 0.1) is 36.6 Å². The van der Waals surface area contributed by atoms with Gasteiger partial charge in [-0.15, -0.1) is 5.10 Å². The predicted molar refractivity (Wildman–Crippen MR) is 176 cm³/mol. The minimum absolute atomic E-state index is 0.0227. The van der Waals surface area contributed by atoms with Crippen LogP contribution in [0, 0.1) is 5.41 Å². The van der Waals surface area contributed by atoms with Gasteiger partial charge in [0.2, 0.25) is 0 Å². The van der Waals surface area contributed by atoms with Crippen molar-refractivity contribution in [2.45, 2.75) is 69.2 Å². The molecular formula is C34H45F2N9O2. The minimum atomic E-state index is -2.74. The number of likely N-dealkylation sites (tertiary alicyclic amines) is 2. The smallest absolute Gasteiger partial charge is 0.275 e. The number of methoxy groups -OCH3 is 1. The zero-order chi connectivity index (χ0) is 32.3. The van der Waals surface area contributed by atoms with E-state index in [1.165, 1.54) is 5.56 Å². The molecule has 0 unspecified atom stereocenters. The number of carbonyl (C=O) groups excluding carboxylic acids is 1. The summed E-state index contributed by atoms with van der Waals surface area (Å²) in [6.45, 7) is 5.27. The van der Waals surface area contributed by atoms with Crippen LogP contribution in [0.4, 0.5) is 26.0 Å². The molecule has 4 fully saturated rings. The van der Waals surface area contributed by atoms with Gasteiger partial charge in [-0.3, -0.25) is 14.6 Å². The van der Waals surface area contributed by atoms with E-state index in [-0.39, 0.29) is 24.6 Å². The third-order valence-corrected chi connectivity index (χ3v) is 11.5. The summed E-state index contributed by atoms with van der Waals surface area (Å²) in [4.78, 5) is 23.9. The number of aromatic nitrogens is 3. The normalized spacial score (nSPS) is 27.0. The molecule has 11 nitrogen and oxygen atoms in total. The quantitative estimate of drug-likeness (QED) is 0.340. The molecule has 4 aliphatic heterocycles. The fourth-order valence-corrected chi connectivity index (χ4v) is 8.44. The molecule has 2 aromatic heterocycles. The van der Waals surface area contributed by atoms with Crippen LogP contribution in [-0.4, -0.2) is 114 Å². The van der Waals surface area contributed by atoms with E-state index in [1.807, 2.05) is 24.1 Å². The molecule has 13 heteroatoms. The van der Waals surface area contributed by atoms with Crippen LogP contribution in [0.25, 0.3) is 5.65 Å². The van der Waals surface area contributed by atoms with E-state index in [0.29, 0.717) is 48.6 Å². The molecular weight excluding hydrogens is 604 g/mol. The Morgan fingerprint density at radius 2 is 1.96 bits per heavy atom. The highest BCUT2D eigenvalue weighted by molar-refractivity contribution is 5.94. The molecule has 47 heavy (non-hydrogen) atoms. The number of fused-ring (bicyclic) bond motifs is 2. The van der Waals surface area contributed by atoms with Crippen LogP contribution < -0.4 is 20.9 Å². The van der Waals surface area contributed by atoms with Gasteiger partial charge < -0.3 is 25.6 Å². The third kappa shape index (κ3) is 5.44. The van der Waals surface area contributed by atoms with E-state index in [1.54, 1.807) is 17.8 Å². The number of rotatable bonds is 8. The maximum atomic E-state index is 15.7. The van der Waals surface area contributed by atoms with Gasteiger partial charge >= 0.3 is 0 Å². The molecule has 1 spiro atoms. The monoisotopic (exact) mass is 649 g/mol. The van der Waals surface area contributed by atoms with Gasteiger partial charge in [0.25, 0.3) is 11.8 Å². The Labute approximate surface area is 274 Å². The molecule has 252 valence electrons. The fraction of sp³-hybridized carbons (Fsp3) is 0.618. The highest BCUT2D eigenvalue weighted by Gasteiger charge is 2.50. The van der Waals surface area contributed by atoms with E-state index in [9.17, 15) is 4.79 Å². The summed E-state index contributed by atoms with van der Waals surface area (Å²) in [6.07, 6.45) is 6.70. The second kappa shape index (κ2) is 11.9. The molecule has 3 saturated heterocycles. The summed E-state index contributed by atoms with van der Waals surface area (Å²) >= 11 is 0. The average molecular weight is 650 g/mol. The maximum Gasteiger partial charge on any atom is 0.275 e. The molecule has 1 aromatic carbocycles. The van der Waals surface area contributed by atoms with Gasteiger partial charge in [-0.05, 0) is 74.2 Å². The lowest BCUT2D eigenvalue weighted by Gasteiger charge is -2.52. The second-order valence-corrected chi connectivity index (χ2v) is 14.2. The molecule has 6 heterocycles. The number of benzene rings is 1. The number of anilines is 3. The first kappa shape index (κ1) is 30.9. The van der Waals surface area contributed by atoms with Gasteiger partial charge in [0, 0.05) is 58.6 Å². The van der Waals surface area contributed by atoms with Gasteiger partial charge in [0.1, 0.15) is 0 Å². The molecule has 0 radical (unpaired) electrons. The summed E-state index contributed by atoms with van der Waals surface area (Å²) < 4.78 is 38.4. The first-order valence-corrected chi connectivity index (χ1v) is 17.1. The number of nitrogens with one attached hydrogen (secondary N) is 3. The Balaban J connectivity index is 0.987. The van der Waals surface area contributed by atoms with Crippen LogP contribution in [0.5, 0.6) is 0 Å². The van der Waals surface area contributed by atoms with E-state index in [2.05, 4.69) is 42.9 Å². The van der Waals surface area contributed by atoms with E-state index < -0.39 is 12.0 Å². The summed E-state index contributed by atoms with van der Waals surface area (Å²) in [5, 5.41) is 14.6. The van der Waals surface area contributed by atoms with Gasteiger partial charge in [0.15, 0.2) is 17.2 Å². The van der Waals surface area contributed by atoms with E-state index in [0.717, 1.165) is 75.2 Å². The van der Waals surface area contributed by atoms with Gasteiger partial charge in [-0.25, -0.2) is 18.3 Å². The summed E-state index contributed by atoms with van der Waals surface area (Å²) in [5.41, 5.74) is 5.32. The van der Waals surface area contributed by atoms with Crippen LogP contribution in [0.2, 0.25) is 0 Å².